The lowest BCUT2D eigenvalue weighted by molar-refractivity contribution is 1.07. The number of hydrogen-bond donors (Lipinski definition) is 0. The van der Waals surface area contributed by atoms with Crippen LogP contribution in [0.3, 0.4) is 0 Å². The van der Waals surface area contributed by atoms with E-state index in [1.54, 1.807) is 0 Å². The van der Waals surface area contributed by atoms with Crippen molar-refractivity contribution in [2.75, 3.05) is 0 Å². The SMILES string of the molecule is Ic1ccnc(Cc2ccccc2)c1. The van der Waals surface area contributed by atoms with E-state index in [4.69, 9.17) is 0 Å². The zero-order chi connectivity index (χ0) is 9.80. The third kappa shape index (κ3) is 2.54. The van der Waals surface area contributed by atoms with Crippen molar-refractivity contribution in [2.45, 2.75) is 6.42 Å². The van der Waals surface area contributed by atoms with Crippen LogP contribution in [-0.2, 0) is 6.42 Å². The highest BCUT2D eigenvalue weighted by atomic mass is 127. The summed E-state index contributed by atoms with van der Waals surface area (Å²) in [4.78, 5) is 4.33. The van der Waals surface area contributed by atoms with Gasteiger partial charge in [0.1, 0.15) is 0 Å². The van der Waals surface area contributed by atoms with Crippen molar-refractivity contribution in [3.63, 3.8) is 0 Å². The van der Waals surface area contributed by atoms with Crippen LogP contribution in [-0.4, -0.2) is 4.98 Å². The predicted molar refractivity (Wildman–Crippen MR) is 66.2 cm³/mol. The van der Waals surface area contributed by atoms with Crippen molar-refractivity contribution in [3.8, 4) is 0 Å². The number of aromatic nitrogens is 1. The van der Waals surface area contributed by atoms with Crippen LogP contribution in [0.1, 0.15) is 11.3 Å². The molecule has 2 aromatic rings. The summed E-state index contributed by atoms with van der Waals surface area (Å²) in [7, 11) is 0. The van der Waals surface area contributed by atoms with Gasteiger partial charge in [0.15, 0.2) is 0 Å². The van der Waals surface area contributed by atoms with Gasteiger partial charge >= 0.3 is 0 Å². The van der Waals surface area contributed by atoms with Gasteiger partial charge in [-0.3, -0.25) is 4.98 Å². The van der Waals surface area contributed by atoms with Gasteiger partial charge in [0.2, 0.25) is 0 Å². The predicted octanol–water partition coefficient (Wildman–Crippen LogP) is 3.28. The standard InChI is InChI=1S/C12H10IN/c13-11-6-7-14-12(9-11)8-10-4-2-1-3-5-10/h1-7,9H,8H2. The summed E-state index contributed by atoms with van der Waals surface area (Å²) in [6, 6.07) is 14.5. The smallest absolute Gasteiger partial charge is 0.0457 e. The van der Waals surface area contributed by atoms with Crippen molar-refractivity contribution in [1.82, 2.24) is 4.98 Å². The summed E-state index contributed by atoms with van der Waals surface area (Å²) in [6.45, 7) is 0. The molecule has 0 aliphatic rings. The molecule has 0 atom stereocenters. The van der Waals surface area contributed by atoms with Gasteiger partial charge in [-0.05, 0) is 40.3 Å². The molecule has 0 amide bonds. The van der Waals surface area contributed by atoms with Crippen molar-refractivity contribution in [1.29, 1.82) is 0 Å². The van der Waals surface area contributed by atoms with E-state index >= 15 is 0 Å². The fraction of sp³-hybridized carbons (Fsp3) is 0.0833. The number of rotatable bonds is 2. The monoisotopic (exact) mass is 295 g/mol. The van der Waals surface area contributed by atoms with Gasteiger partial charge in [0.05, 0.1) is 0 Å². The maximum atomic E-state index is 4.33. The summed E-state index contributed by atoms with van der Waals surface area (Å²) in [5.41, 5.74) is 2.44. The molecule has 0 saturated heterocycles. The maximum absolute atomic E-state index is 4.33. The molecule has 2 rings (SSSR count). The molecule has 0 fully saturated rings. The van der Waals surface area contributed by atoms with Crippen LogP contribution in [0.25, 0.3) is 0 Å². The molecule has 2 heteroatoms. The lowest BCUT2D eigenvalue weighted by Crippen LogP contribution is -1.91. The molecule has 1 aromatic carbocycles. The van der Waals surface area contributed by atoms with E-state index < -0.39 is 0 Å². The molecule has 0 aliphatic heterocycles. The first-order chi connectivity index (χ1) is 6.84. The van der Waals surface area contributed by atoms with E-state index in [9.17, 15) is 0 Å². The topological polar surface area (TPSA) is 12.9 Å². The summed E-state index contributed by atoms with van der Waals surface area (Å²) < 4.78 is 1.24. The number of nitrogens with zero attached hydrogens (tertiary/aromatic N) is 1. The minimum absolute atomic E-state index is 0.914. The molecule has 1 nitrogen and oxygen atoms in total. The van der Waals surface area contributed by atoms with Gasteiger partial charge in [0, 0.05) is 21.9 Å². The first kappa shape index (κ1) is 9.65. The van der Waals surface area contributed by atoms with Crippen LogP contribution in [0.15, 0.2) is 48.7 Å². The zero-order valence-corrected chi connectivity index (χ0v) is 9.81. The van der Waals surface area contributed by atoms with Crippen molar-refractivity contribution in [3.05, 3.63) is 63.5 Å². The van der Waals surface area contributed by atoms with Crippen molar-refractivity contribution in [2.24, 2.45) is 0 Å². The Hall–Kier alpha value is -0.900. The fourth-order valence-corrected chi connectivity index (χ4v) is 1.87. The summed E-state index contributed by atoms with van der Waals surface area (Å²) >= 11 is 2.31. The Bertz CT molecular complexity index is 412. The van der Waals surface area contributed by atoms with Crippen LogP contribution < -0.4 is 0 Å². The Balaban J connectivity index is 2.19. The van der Waals surface area contributed by atoms with Crippen LogP contribution in [0.2, 0.25) is 0 Å². The summed E-state index contributed by atoms with van der Waals surface area (Å²) in [6.07, 6.45) is 2.78. The van der Waals surface area contributed by atoms with E-state index in [0.717, 1.165) is 12.1 Å². The van der Waals surface area contributed by atoms with E-state index in [-0.39, 0.29) is 0 Å². The van der Waals surface area contributed by atoms with E-state index in [2.05, 4.69) is 57.9 Å². The normalized spacial score (nSPS) is 10.1. The first-order valence-corrected chi connectivity index (χ1v) is 5.57. The van der Waals surface area contributed by atoms with E-state index in [0.29, 0.717) is 0 Å². The molecule has 1 heterocycles. The molecular weight excluding hydrogens is 285 g/mol. The van der Waals surface area contributed by atoms with Gasteiger partial charge < -0.3 is 0 Å². The van der Waals surface area contributed by atoms with Gasteiger partial charge in [-0.1, -0.05) is 30.3 Å². The first-order valence-electron chi connectivity index (χ1n) is 4.49. The highest BCUT2D eigenvalue weighted by molar-refractivity contribution is 14.1. The van der Waals surface area contributed by atoms with Gasteiger partial charge in [-0.15, -0.1) is 0 Å². The van der Waals surface area contributed by atoms with Crippen molar-refractivity contribution >= 4 is 22.6 Å². The molecule has 0 saturated carbocycles. The van der Waals surface area contributed by atoms with E-state index in [1.807, 2.05) is 18.3 Å². The van der Waals surface area contributed by atoms with Gasteiger partial charge in [0.25, 0.3) is 0 Å². The van der Waals surface area contributed by atoms with Crippen molar-refractivity contribution < 1.29 is 0 Å². The van der Waals surface area contributed by atoms with Crippen LogP contribution in [0.5, 0.6) is 0 Å². The highest BCUT2D eigenvalue weighted by Gasteiger charge is 1.96. The number of pyridine rings is 1. The van der Waals surface area contributed by atoms with E-state index in [1.165, 1.54) is 9.13 Å². The second-order valence-electron chi connectivity index (χ2n) is 3.13. The maximum Gasteiger partial charge on any atom is 0.0457 e. The minimum Gasteiger partial charge on any atom is -0.261 e. The lowest BCUT2D eigenvalue weighted by Gasteiger charge is -2.00. The fourth-order valence-electron chi connectivity index (χ4n) is 1.35. The largest absolute Gasteiger partial charge is 0.261 e. The van der Waals surface area contributed by atoms with Crippen LogP contribution in [0.4, 0.5) is 0 Å². The third-order valence-electron chi connectivity index (χ3n) is 2.01. The lowest BCUT2D eigenvalue weighted by atomic mass is 10.1. The Morgan fingerprint density at radius 2 is 1.86 bits per heavy atom. The Labute approximate surface area is 97.3 Å². The molecule has 70 valence electrons. The second kappa shape index (κ2) is 4.55. The molecule has 0 spiro atoms. The molecule has 0 aliphatic carbocycles. The zero-order valence-electron chi connectivity index (χ0n) is 7.65. The van der Waals surface area contributed by atoms with Gasteiger partial charge in [-0.25, -0.2) is 0 Å². The molecule has 0 radical (unpaired) electrons. The third-order valence-corrected chi connectivity index (χ3v) is 2.68. The van der Waals surface area contributed by atoms with Gasteiger partial charge in [-0.2, -0.15) is 0 Å². The Morgan fingerprint density at radius 1 is 1.07 bits per heavy atom. The summed E-state index contributed by atoms with van der Waals surface area (Å²) in [5, 5.41) is 0. The summed E-state index contributed by atoms with van der Waals surface area (Å²) in [5.74, 6) is 0. The minimum atomic E-state index is 0.914. The molecule has 0 bridgehead atoms. The molecule has 0 N–H and O–H groups in total. The Kier molecular flexibility index (Phi) is 3.14. The van der Waals surface area contributed by atoms with Crippen LogP contribution >= 0.6 is 22.6 Å². The molecule has 1 aromatic heterocycles. The number of halogens is 1. The van der Waals surface area contributed by atoms with Crippen LogP contribution in [0, 0.1) is 3.57 Å². The highest BCUT2D eigenvalue weighted by Crippen LogP contribution is 2.09. The average Bonchev–Trinajstić information content (AvgIpc) is 2.19. The quantitative estimate of drug-likeness (QED) is 0.775. The Morgan fingerprint density at radius 3 is 2.57 bits per heavy atom. The second-order valence-corrected chi connectivity index (χ2v) is 4.37. The number of benzene rings is 1. The average molecular weight is 295 g/mol. The molecular formula is C12H10IN. The molecule has 0 unspecified atom stereocenters. The number of hydrogen-bond acceptors (Lipinski definition) is 1. The molecule has 14 heavy (non-hydrogen) atoms.